The van der Waals surface area contributed by atoms with E-state index in [4.69, 9.17) is 9.47 Å². The van der Waals surface area contributed by atoms with Crippen molar-refractivity contribution in [1.29, 1.82) is 10.5 Å². The van der Waals surface area contributed by atoms with Gasteiger partial charge in [-0.1, -0.05) is 24.3 Å². The fourth-order valence-electron chi connectivity index (χ4n) is 3.29. The van der Waals surface area contributed by atoms with Gasteiger partial charge in [0.05, 0.1) is 14.2 Å². The Kier molecular flexibility index (Phi) is 8.58. The smallest absolute Gasteiger partial charge is 0.349 e. The Morgan fingerprint density at radius 1 is 0.647 bits per heavy atom. The molecule has 0 aliphatic rings. The number of carbonyl (C=O) groups excluding carboxylic acids is 2. The van der Waals surface area contributed by atoms with Crippen molar-refractivity contribution in [2.24, 2.45) is 0 Å². The van der Waals surface area contributed by atoms with Crippen molar-refractivity contribution in [1.82, 2.24) is 0 Å². The molecule has 0 radical (unpaired) electrons. The van der Waals surface area contributed by atoms with E-state index < -0.39 is 11.9 Å². The molecule has 8 nitrogen and oxygen atoms in total. The Morgan fingerprint density at radius 3 is 1.15 bits per heavy atom. The van der Waals surface area contributed by atoms with Crippen LogP contribution in [0.5, 0.6) is 0 Å². The van der Waals surface area contributed by atoms with E-state index in [1.165, 1.54) is 0 Å². The summed E-state index contributed by atoms with van der Waals surface area (Å²) in [5, 5.41) is 19.8. The van der Waals surface area contributed by atoms with Gasteiger partial charge in [0.1, 0.15) is 23.3 Å². The Morgan fingerprint density at radius 2 is 0.941 bits per heavy atom. The van der Waals surface area contributed by atoms with Gasteiger partial charge in [0.2, 0.25) is 0 Å². The first-order valence-corrected chi connectivity index (χ1v) is 10.2. The minimum Gasteiger partial charge on any atom is -0.465 e. The zero-order chi connectivity index (χ0) is 25.4. The fourth-order valence-corrected chi connectivity index (χ4v) is 3.29. The highest BCUT2D eigenvalue weighted by Gasteiger charge is 2.28. The molecule has 174 valence electrons. The van der Waals surface area contributed by atoms with E-state index in [0.717, 1.165) is 25.6 Å². The number of carbonyl (C=O) groups is 2. The average Bonchev–Trinajstić information content (AvgIpc) is 2.85. The summed E-state index contributed by atoms with van der Waals surface area (Å²) in [7, 11) is 9.83. The van der Waals surface area contributed by atoms with Crippen molar-refractivity contribution in [3.05, 3.63) is 70.8 Å². The molecular weight excluding hydrogens is 432 g/mol. The number of esters is 2. The van der Waals surface area contributed by atoms with Gasteiger partial charge < -0.3 is 19.3 Å². The van der Waals surface area contributed by atoms with Crippen LogP contribution in [0.15, 0.2) is 59.7 Å². The molecule has 0 aliphatic heterocycles. The first kappa shape index (κ1) is 25.7. The molecule has 2 aromatic rings. The van der Waals surface area contributed by atoms with Crippen LogP contribution in [0.1, 0.15) is 11.1 Å². The first-order chi connectivity index (χ1) is 16.2. The molecule has 34 heavy (non-hydrogen) atoms. The van der Waals surface area contributed by atoms with Crippen LogP contribution in [0.25, 0.3) is 11.1 Å². The summed E-state index contributed by atoms with van der Waals surface area (Å²) in [6.07, 6.45) is 0. The molecule has 0 fully saturated rings. The zero-order valence-corrected chi connectivity index (χ0v) is 20.0. The summed E-state index contributed by atoms with van der Waals surface area (Å²) >= 11 is 0. The zero-order valence-electron chi connectivity index (χ0n) is 20.0. The van der Waals surface area contributed by atoms with Crippen LogP contribution in [0.3, 0.4) is 0 Å². The molecule has 2 rings (SSSR count). The van der Waals surface area contributed by atoms with Gasteiger partial charge in [-0.05, 0) is 35.4 Å². The van der Waals surface area contributed by atoms with E-state index in [2.05, 4.69) is 0 Å². The summed E-state index contributed by atoms with van der Waals surface area (Å²) in [5.41, 5.74) is 2.18. The normalized spacial score (nSPS) is 11.8. The SMILES string of the molecule is COC(=O)/C(C#N)=C(/C(=C(\C#N)C(=O)OC)c1ccc(N(C)C)cc1)c1ccc(N(C)C)cc1. The summed E-state index contributed by atoms with van der Waals surface area (Å²) in [6, 6.07) is 17.9. The molecule has 0 saturated heterocycles. The number of nitrogens with zero attached hydrogens (tertiary/aromatic N) is 4. The lowest BCUT2D eigenvalue weighted by Crippen LogP contribution is -2.13. The summed E-state index contributed by atoms with van der Waals surface area (Å²) in [5.74, 6) is -1.78. The maximum atomic E-state index is 12.6. The molecule has 0 bridgehead atoms. The van der Waals surface area contributed by atoms with Crippen molar-refractivity contribution in [2.75, 3.05) is 52.2 Å². The largest absolute Gasteiger partial charge is 0.465 e. The van der Waals surface area contributed by atoms with Gasteiger partial charge in [0.15, 0.2) is 0 Å². The summed E-state index contributed by atoms with van der Waals surface area (Å²) < 4.78 is 9.70. The Hall–Kier alpha value is -4.56. The lowest BCUT2D eigenvalue weighted by atomic mass is 9.85. The average molecular weight is 459 g/mol. The molecule has 0 spiro atoms. The fraction of sp³-hybridized carbons (Fsp3) is 0.231. The van der Waals surface area contributed by atoms with Crippen molar-refractivity contribution in [3.63, 3.8) is 0 Å². The van der Waals surface area contributed by atoms with Crippen LogP contribution in [0.2, 0.25) is 0 Å². The van der Waals surface area contributed by atoms with E-state index >= 15 is 0 Å². The Bertz CT molecular complexity index is 1110. The number of anilines is 2. The van der Waals surface area contributed by atoms with E-state index in [0.29, 0.717) is 11.1 Å². The van der Waals surface area contributed by atoms with Crippen LogP contribution in [-0.2, 0) is 19.1 Å². The van der Waals surface area contributed by atoms with Gasteiger partial charge in [-0.2, -0.15) is 10.5 Å². The number of ether oxygens (including phenoxy) is 2. The number of methoxy groups -OCH3 is 2. The minimum atomic E-state index is -0.890. The maximum absolute atomic E-state index is 12.6. The van der Waals surface area contributed by atoms with Crippen LogP contribution in [0, 0.1) is 22.7 Å². The standard InChI is InChI=1S/C26H26N4O4/c1-29(2)19-11-7-17(8-12-19)23(21(15-27)25(31)33-5)24(22(16-28)26(32)34-6)18-9-13-20(14-10-18)30(3)4/h7-14H,1-6H3/b23-21+,24-22+. The van der Waals surface area contributed by atoms with Gasteiger partial charge >= 0.3 is 11.9 Å². The molecule has 0 saturated carbocycles. The number of nitriles is 2. The predicted octanol–water partition coefficient (Wildman–Crippen LogP) is 3.42. The molecule has 0 amide bonds. The van der Waals surface area contributed by atoms with Crippen LogP contribution in [-0.4, -0.2) is 54.3 Å². The van der Waals surface area contributed by atoms with Crippen molar-refractivity contribution in [2.45, 2.75) is 0 Å². The van der Waals surface area contributed by atoms with Crippen molar-refractivity contribution < 1.29 is 19.1 Å². The van der Waals surface area contributed by atoms with Gasteiger partial charge in [0.25, 0.3) is 0 Å². The van der Waals surface area contributed by atoms with Gasteiger partial charge in [-0.3, -0.25) is 0 Å². The second-order valence-corrected chi connectivity index (χ2v) is 7.59. The molecule has 0 aromatic heterocycles. The number of hydrogen-bond acceptors (Lipinski definition) is 8. The molecule has 8 heteroatoms. The van der Waals surface area contributed by atoms with E-state index in [1.807, 2.05) is 50.1 Å². The Labute approximate surface area is 199 Å². The van der Waals surface area contributed by atoms with Gasteiger partial charge in [-0.25, -0.2) is 9.59 Å². The number of benzene rings is 2. The molecule has 0 aliphatic carbocycles. The number of rotatable bonds is 7. The number of allylic oxidation sites excluding steroid dienone is 2. The highest BCUT2D eigenvalue weighted by atomic mass is 16.5. The molecule has 0 unspecified atom stereocenters. The molecule has 0 atom stereocenters. The first-order valence-electron chi connectivity index (χ1n) is 10.2. The highest BCUT2D eigenvalue weighted by molar-refractivity contribution is 6.21. The summed E-state index contributed by atoms with van der Waals surface area (Å²) in [6.45, 7) is 0. The Balaban J connectivity index is 3.03. The van der Waals surface area contributed by atoms with Crippen LogP contribution in [0.4, 0.5) is 11.4 Å². The molecule has 2 aromatic carbocycles. The second kappa shape index (κ2) is 11.3. The van der Waals surface area contributed by atoms with Gasteiger partial charge in [-0.15, -0.1) is 0 Å². The van der Waals surface area contributed by atoms with E-state index in [1.54, 1.807) is 48.5 Å². The predicted molar refractivity (Wildman–Crippen MR) is 131 cm³/mol. The third kappa shape index (κ3) is 5.43. The van der Waals surface area contributed by atoms with Crippen molar-refractivity contribution in [3.8, 4) is 12.1 Å². The highest BCUT2D eigenvalue weighted by Crippen LogP contribution is 2.38. The van der Waals surface area contributed by atoms with Gasteiger partial charge in [0, 0.05) is 50.7 Å². The van der Waals surface area contributed by atoms with E-state index in [-0.39, 0.29) is 22.3 Å². The third-order valence-corrected chi connectivity index (χ3v) is 5.10. The quantitative estimate of drug-likeness (QED) is 0.269. The lowest BCUT2D eigenvalue weighted by molar-refractivity contribution is -0.136. The molecule has 0 N–H and O–H groups in total. The van der Waals surface area contributed by atoms with Crippen molar-refractivity contribution >= 4 is 34.5 Å². The molecular formula is C26H26N4O4. The van der Waals surface area contributed by atoms with Crippen LogP contribution < -0.4 is 9.80 Å². The summed E-state index contributed by atoms with van der Waals surface area (Å²) in [4.78, 5) is 29.0. The minimum absolute atomic E-state index is 0.0965. The van der Waals surface area contributed by atoms with Crippen LogP contribution >= 0.6 is 0 Å². The maximum Gasteiger partial charge on any atom is 0.349 e. The molecule has 0 heterocycles. The number of hydrogen-bond donors (Lipinski definition) is 0. The lowest BCUT2D eigenvalue weighted by Gasteiger charge is -2.19. The monoisotopic (exact) mass is 458 g/mol. The third-order valence-electron chi connectivity index (χ3n) is 5.10. The second-order valence-electron chi connectivity index (χ2n) is 7.59. The topological polar surface area (TPSA) is 107 Å². The van der Waals surface area contributed by atoms with E-state index in [9.17, 15) is 20.1 Å².